The zero-order chi connectivity index (χ0) is 54.1. The molecule has 3 N–H and O–H groups in total. The highest BCUT2D eigenvalue weighted by atomic mass is 16.3. The van der Waals surface area contributed by atoms with Crippen LogP contribution in [0.5, 0.6) is 0 Å². The number of amides is 1. The van der Waals surface area contributed by atoms with Crippen LogP contribution in [0.15, 0.2) is 158 Å². The van der Waals surface area contributed by atoms with E-state index in [1.165, 1.54) is 122 Å². The van der Waals surface area contributed by atoms with Gasteiger partial charge < -0.3 is 15.5 Å². The Hall–Kier alpha value is -3.99. The Labute approximate surface area is 465 Å². The van der Waals surface area contributed by atoms with Gasteiger partial charge in [-0.05, 0) is 122 Å². The summed E-state index contributed by atoms with van der Waals surface area (Å²) in [6, 6.07) is -0.674. The van der Waals surface area contributed by atoms with Crippen molar-refractivity contribution in [3.8, 4) is 0 Å². The second kappa shape index (κ2) is 64.3. The van der Waals surface area contributed by atoms with E-state index < -0.39 is 12.1 Å². The van der Waals surface area contributed by atoms with Crippen molar-refractivity contribution >= 4 is 5.91 Å². The van der Waals surface area contributed by atoms with Gasteiger partial charge in [0.25, 0.3) is 0 Å². The summed E-state index contributed by atoms with van der Waals surface area (Å²) < 4.78 is 0. The lowest BCUT2D eigenvalue weighted by molar-refractivity contribution is -0.123. The molecule has 0 saturated carbocycles. The summed E-state index contributed by atoms with van der Waals surface area (Å²) in [6.07, 6.45) is 103. The Kier molecular flexibility index (Phi) is 60.9. The SMILES string of the molecule is CC/C=C\C/C=C\C/C=C\C/C=C\C/C=C\C/C=C\C/C=C\C/C=C\C/C=C\C/C=C\CCCCCCC(=O)NC(CO)C(O)/C=C/CC/C=C/CC/C=C/CCCCCCCCCCCCCCCCCCCC. The Morgan fingerprint density at radius 2 is 0.600 bits per heavy atom. The zero-order valence-electron chi connectivity index (χ0n) is 48.8. The predicted octanol–water partition coefficient (Wildman–Crippen LogP) is 21.3. The van der Waals surface area contributed by atoms with Crippen LogP contribution in [-0.2, 0) is 4.79 Å². The third-order valence-electron chi connectivity index (χ3n) is 13.2. The van der Waals surface area contributed by atoms with Crippen LogP contribution in [0.1, 0.15) is 264 Å². The number of aliphatic hydroxyl groups is 2. The molecule has 0 fully saturated rings. The van der Waals surface area contributed by atoms with Gasteiger partial charge in [0.2, 0.25) is 5.91 Å². The molecule has 0 spiro atoms. The summed E-state index contributed by atoms with van der Waals surface area (Å²) in [4.78, 5) is 12.5. The number of aliphatic hydroxyl groups excluding tert-OH is 2. The summed E-state index contributed by atoms with van der Waals surface area (Å²) in [5.41, 5.74) is 0. The van der Waals surface area contributed by atoms with E-state index in [0.29, 0.717) is 6.42 Å². The van der Waals surface area contributed by atoms with E-state index in [1.807, 2.05) is 6.08 Å². The fourth-order valence-electron chi connectivity index (χ4n) is 8.53. The lowest BCUT2D eigenvalue weighted by atomic mass is 10.0. The van der Waals surface area contributed by atoms with Gasteiger partial charge in [-0.1, -0.05) is 294 Å². The average Bonchev–Trinajstić information content (AvgIpc) is 3.41. The van der Waals surface area contributed by atoms with Crippen LogP contribution < -0.4 is 5.32 Å². The molecule has 0 rings (SSSR count). The fraction of sp³-hybridized carbons (Fsp3) is 0.620. The van der Waals surface area contributed by atoms with Crippen molar-refractivity contribution in [1.82, 2.24) is 5.32 Å². The summed E-state index contributed by atoms with van der Waals surface area (Å²) in [5, 5.41) is 23.2. The summed E-state index contributed by atoms with van der Waals surface area (Å²) in [7, 11) is 0. The van der Waals surface area contributed by atoms with Crippen LogP contribution in [0, 0.1) is 0 Å². The molecule has 0 aromatic carbocycles. The van der Waals surface area contributed by atoms with Gasteiger partial charge >= 0.3 is 0 Å². The first-order valence-electron chi connectivity index (χ1n) is 31.2. The summed E-state index contributed by atoms with van der Waals surface area (Å²) in [5.74, 6) is -0.108. The zero-order valence-corrected chi connectivity index (χ0v) is 48.8. The topological polar surface area (TPSA) is 69.6 Å². The monoisotopic (exact) mass is 1030 g/mol. The molecule has 424 valence electrons. The molecule has 0 aromatic rings. The molecule has 0 heterocycles. The van der Waals surface area contributed by atoms with Crippen LogP contribution in [0.3, 0.4) is 0 Å². The van der Waals surface area contributed by atoms with Gasteiger partial charge in [0.05, 0.1) is 18.8 Å². The van der Waals surface area contributed by atoms with Crippen molar-refractivity contribution in [2.75, 3.05) is 6.61 Å². The highest BCUT2D eigenvalue weighted by Crippen LogP contribution is 2.15. The van der Waals surface area contributed by atoms with E-state index in [9.17, 15) is 15.0 Å². The molecule has 0 bridgehead atoms. The maximum Gasteiger partial charge on any atom is 0.220 e. The normalized spacial score (nSPS) is 13.9. The van der Waals surface area contributed by atoms with E-state index in [-0.39, 0.29) is 12.5 Å². The average molecular weight is 1030 g/mol. The van der Waals surface area contributed by atoms with Crippen LogP contribution in [0.2, 0.25) is 0 Å². The Morgan fingerprint density at radius 3 is 0.933 bits per heavy atom. The Bertz CT molecular complexity index is 1590. The third-order valence-corrected chi connectivity index (χ3v) is 13.2. The van der Waals surface area contributed by atoms with Gasteiger partial charge in [-0.15, -0.1) is 0 Å². The molecular formula is C71H117NO3. The number of hydrogen-bond acceptors (Lipinski definition) is 3. The minimum Gasteiger partial charge on any atom is -0.394 e. The Balaban J connectivity index is 3.70. The quantitative estimate of drug-likeness (QED) is 0.0420. The first-order valence-corrected chi connectivity index (χ1v) is 31.2. The second-order valence-electron chi connectivity index (χ2n) is 20.4. The van der Waals surface area contributed by atoms with E-state index in [2.05, 4.69) is 165 Å². The molecule has 0 aliphatic rings. The van der Waals surface area contributed by atoms with Gasteiger partial charge in [-0.25, -0.2) is 0 Å². The van der Waals surface area contributed by atoms with E-state index in [1.54, 1.807) is 6.08 Å². The molecular weight excluding hydrogens is 915 g/mol. The maximum absolute atomic E-state index is 12.5. The highest BCUT2D eigenvalue weighted by Gasteiger charge is 2.18. The van der Waals surface area contributed by atoms with E-state index >= 15 is 0 Å². The van der Waals surface area contributed by atoms with Crippen LogP contribution in [0.25, 0.3) is 0 Å². The highest BCUT2D eigenvalue weighted by molar-refractivity contribution is 5.76. The van der Waals surface area contributed by atoms with Crippen molar-refractivity contribution in [2.45, 2.75) is 276 Å². The summed E-state index contributed by atoms with van der Waals surface area (Å²) in [6.45, 7) is 4.17. The van der Waals surface area contributed by atoms with E-state index in [0.717, 1.165) is 122 Å². The molecule has 0 aliphatic heterocycles. The molecule has 2 unspecified atom stereocenters. The van der Waals surface area contributed by atoms with Crippen molar-refractivity contribution < 1.29 is 15.0 Å². The van der Waals surface area contributed by atoms with Gasteiger partial charge in [0.1, 0.15) is 0 Å². The molecule has 0 radical (unpaired) electrons. The fourth-order valence-corrected chi connectivity index (χ4v) is 8.53. The molecule has 0 aliphatic carbocycles. The van der Waals surface area contributed by atoms with Gasteiger partial charge in [-0.2, -0.15) is 0 Å². The minimum absolute atomic E-state index is 0.108. The van der Waals surface area contributed by atoms with Crippen LogP contribution >= 0.6 is 0 Å². The standard InChI is InChI=1S/C71H117NO3/c1-3-5-7-9-11-13-15-17-19-21-23-25-27-29-31-33-34-35-36-37-38-39-41-43-45-47-49-51-53-55-57-59-61-63-65-67-71(75)72-69(68-73)70(74)66-64-62-60-58-56-54-52-50-48-46-44-42-40-32-30-28-26-24-22-20-18-16-14-12-10-8-6-4-2/h5,7,11,13,17,19,23,25,29,31,34-35,37-38,41,43,47-50,53,55-56,58,64,66,69-70,73-74H,3-4,6,8-10,12,14-16,18,20-22,24,26-28,30,32-33,36,39-40,42,44-46,51-52,54,57,59-63,65,67-68H2,1-2H3,(H,72,75)/b7-5-,13-11-,19-17-,25-23-,31-29-,35-34-,38-37-,43-41-,49-47-,50-48+,55-53-,58-56+,66-64+. The van der Waals surface area contributed by atoms with Crippen molar-refractivity contribution in [3.63, 3.8) is 0 Å². The van der Waals surface area contributed by atoms with Crippen LogP contribution in [-0.4, -0.2) is 34.9 Å². The van der Waals surface area contributed by atoms with Gasteiger partial charge in [0.15, 0.2) is 0 Å². The molecule has 75 heavy (non-hydrogen) atoms. The summed E-state index contributed by atoms with van der Waals surface area (Å²) >= 11 is 0. The second-order valence-corrected chi connectivity index (χ2v) is 20.4. The van der Waals surface area contributed by atoms with Crippen molar-refractivity contribution in [2.24, 2.45) is 0 Å². The molecule has 4 nitrogen and oxygen atoms in total. The number of carbonyl (C=O) groups is 1. The first-order chi connectivity index (χ1) is 37.2. The first kappa shape index (κ1) is 71.0. The third kappa shape index (κ3) is 60.7. The lowest BCUT2D eigenvalue weighted by Crippen LogP contribution is -2.45. The van der Waals surface area contributed by atoms with Gasteiger partial charge in [0, 0.05) is 6.42 Å². The molecule has 0 aromatic heterocycles. The van der Waals surface area contributed by atoms with E-state index in [4.69, 9.17) is 0 Å². The number of hydrogen-bond donors (Lipinski definition) is 3. The van der Waals surface area contributed by atoms with Gasteiger partial charge in [-0.3, -0.25) is 4.79 Å². The largest absolute Gasteiger partial charge is 0.394 e. The molecule has 1 amide bonds. The number of rotatable bonds is 55. The van der Waals surface area contributed by atoms with Crippen molar-refractivity contribution in [1.29, 1.82) is 0 Å². The molecule has 4 heteroatoms. The smallest absolute Gasteiger partial charge is 0.220 e. The number of unbranched alkanes of at least 4 members (excludes halogenated alkanes) is 24. The van der Waals surface area contributed by atoms with Crippen LogP contribution in [0.4, 0.5) is 0 Å². The number of allylic oxidation sites excluding steroid dienone is 25. The molecule has 2 atom stereocenters. The Morgan fingerprint density at radius 1 is 0.333 bits per heavy atom. The lowest BCUT2D eigenvalue weighted by Gasteiger charge is -2.19. The maximum atomic E-state index is 12.5. The number of carbonyl (C=O) groups excluding carboxylic acids is 1. The molecule has 0 saturated heterocycles. The van der Waals surface area contributed by atoms with Crippen molar-refractivity contribution in [3.05, 3.63) is 158 Å². The predicted molar refractivity (Wildman–Crippen MR) is 335 cm³/mol. The minimum atomic E-state index is -0.895. The number of nitrogens with one attached hydrogen (secondary N) is 1.